The summed E-state index contributed by atoms with van der Waals surface area (Å²) in [6.07, 6.45) is 0.846. The summed E-state index contributed by atoms with van der Waals surface area (Å²) in [4.78, 5) is 14.4. The minimum atomic E-state index is -3.41. The molecule has 1 aliphatic rings. The van der Waals surface area contributed by atoms with Crippen LogP contribution in [0, 0.1) is 0 Å². The van der Waals surface area contributed by atoms with Crippen molar-refractivity contribution >= 4 is 38.6 Å². The molecule has 0 aliphatic carbocycles. The maximum Gasteiger partial charge on any atom is 0.252 e. The number of carbonyl (C=O) groups excluding carboxylic acids is 1. The van der Waals surface area contributed by atoms with Gasteiger partial charge in [0.1, 0.15) is 4.21 Å². The number of thiophene rings is 1. The van der Waals surface area contributed by atoms with Gasteiger partial charge in [0.05, 0.1) is 0 Å². The lowest BCUT2D eigenvalue weighted by molar-refractivity contribution is -0.114. The van der Waals surface area contributed by atoms with E-state index in [-0.39, 0.29) is 5.91 Å². The number of hydrogen-bond donors (Lipinski definition) is 1. The van der Waals surface area contributed by atoms with Crippen molar-refractivity contribution in [2.24, 2.45) is 0 Å². The fraction of sp³-hybridized carbons (Fsp3) is 0.389. The maximum atomic E-state index is 12.8. The first kappa shape index (κ1) is 18.9. The number of carbonyl (C=O) groups is 1. The Hall–Kier alpha value is -1.90. The molecule has 26 heavy (non-hydrogen) atoms. The normalized spacial score (nSPS) is 15.8. The molecule has 1 amide bonds. The first-order valence-electron chi connectivity index (χ1n) is 8.61. The third kappa shape index (κ3) is 4.08. The minimum absolute atomic E-state index is 0.111. The Kier molecular flexibility index (Phi) is 5.64. The van der Waals surface area contributed by atoms with Crippen molar-refractivity contribution in [2.75, 3.05) is 36.4 Å². The fourth-order valence-electron chi connectivity index (χ4n) is 2.98. The van der Waals surface area contributed by atoms with Crippen LogP contribution < -0.4 is 10.2 Å². The summed E-state index contributed by atoms with van der Waals surface area (Å²) in [6, 6.07) is 11.2. The monoisotopic (exact) mass is 393 g/mol. The van der Waals surface area contributed by atoms with Crippen LogP contribution in [0.3, 0.4) is 0 Å². The smallest absolute Gasteiger partial charge is 0.252 e. The molecule has 2 aromatic rings. The van der Waals surface area contributed by atoms with Gasteiger partial charge in [0, 0.05) is 49.4 Å². The summed E-state index contributed by atoms with van der Waals surface area (Å²) >= 11 is 1.35. The first-order chi connectivity index (χ1) is 12.4. The maximum absolute atomic E-state index is 12.8. The Morgan fingerprint density at radius 3 is 2.50 bits per heavy atom. The molecule has 2 heterocycles. The van der Waals surface area contributed by atoms with E-state index in [9.17, 15) is 13.2 Å². The summed E-state index contributed by atoms with van der Waals surface area (Å²) in [7, 11) is -3.41. The van der Waals surface area contributed by atoms with Crippen molar-refractivity contribution in [3.05, 3.63) is 41.3 Å². The van der Waals surface area contributed by atoms with Crippen molar-refractivity contribution in [1.29, 1.82) is 0 Å². The number of benzene rings is 1. The molecule has 1 N–H and O–H groups in total. The van der Waals surface area contributed by atoms with Crippen molar-refractivity contribution in [2.45, 2.75) is 24.5 Å². The summed E-state index contributed by atoms with van der Waals surface area (Å²) < 4.78 is 27.6. The van der Waals surface area contributed by atoms with Gasteiger partial charge in [-0.25, -0.2) is 8.42 Å². The molecule has 0 radical (unpaired) electrons. The van der Waals surface area contributed by atoms with Crippen molar-refractivity contribution in [3.63, 3.8) is 0 Å². The SMILES string of the molecule is CCc1ccc(S(=O)(=O)N2CCN(c3cccc(NC(C)=O)c3)CC2)s1. The Balaban J connectivity index is 1.68. The number of hydrogen-bond acceptors (Lipinski definition) is 5. The number of aryl methyl sites for hydroxylation is 1. The van der Waals surface area contributed by atoms with Gasteiger partial charge in [0.15, 0.2) is 0 Å². The van der Waals surface area contributed by atoms with Crippen LogP contribution in [0.5, 0.6) is 0 Å². The molecule has 140 valence electrons. The molecule has 1 aliphatic heterocycles. The second kappa shape index (κ2) is 7.77. The Morgan fingerprint density at radius 2 is 1.88 bits per heavy atom. The Labute approximate surface area is 158 Å². The number of piperazine rings is 1. The first-order valence-corrected chi connectivity index (χ1v) is 10.9. The number of anilines is 2. The third-order valence-electron chi connectivity index (χ3n) is 4.35. The molecule has 1 saturated heterocycles. The molecule has 0 atom stereocenters. The lowest BCUT2D eigenvalue weighted by Crippen LogP contribution is -2.48. The predicted molar refractivity (Wildman–Crippen MR) is 105 cm³/mol. The lowest BCUT2D eigenvalue weighted by Gasteiger charge is -2.35. The zero-order valence-corrected chi connectivity index (χ0v) is 16.6. The largest absolute Gasteiger partial charge is 0.369 e. The number of nitrogens with zero attached hydrogens (tertiary/aromatic N) is 2. The highest BCUT2D eigenvalue weighted by atomic mass is 32.2. The lowest BCUT2D eigenvalue weighted by atomic mass is 10.2. The van der Waals surface area contributed by atoms with E-state index in [0.29, 0.717) is 30.4 Å². The standard InChI is InChI=1S/C18H23N3O3S2/c1-3-17-7-8-18(25-17)26(23,24)21-11-9-20(10-12-21)16-6-4-5-15(13-16)19-14(2)22/h4-8,13H,3,9-12H2,1-2H3,(H,19,22). The van der Waals surface area contributed by atoms with Gasteiger partial charge in [0.25, 0.3) is 10.0 Å². The molecule has 1 fully saturated rings. The second-order valence-electron chi connectivity index (χ2n) is 6.20. The summed E-state index contributed by atoms with van der Waals surface area (Å²) in [5, 5.41) is 2.78. The molecular formula is C18H23N3O3S2. The minimum Gasteiger partial charge on any atom is -0.369 e. The Bertz CT molecular complexity index is 885. The van der Waals surface area contributed by atoms with Gasteiger partial charge in [0.2, 0.25) is 5.91 Å². The van der Waals surface area contributed by atoms with Crippen LogP contribution in [0.1, 0.15) is 18.7 Å². The van der Waals surface area contributed by atoms with Crippen molar-refractivity contribution < 1.29 is 13.2 Å². The van der Waals surface area contributed by atoms with E-state index in [1.165, 1.54) is 18.3 Å². The quantitative estimate of drug-likeness (QED) is 0.848. The molecule has 0 unspecified atom stereocenters. The van der Waals surface area contributed by atoms with Crippen LogP contribution in [0.4, 0.5) is 11.4 Å². The highest BCUT2D eigenvalue weighted by Crippen LogP contribution is 2.27. The molecule has 1 aromatic heterocycles. The third-order valence-corrected chi connectivity index (χ3v) is 7.95. The van der Waals surface area contributed by atoms with Gasteiger partial charge >= 0.3 is 0 Å². The van der Waals surface area contributed by atoms with Crippen molar-refractivity contribution in [3.8, 4) is 0 Å². The second-order valence-corrected chi connectivity index (χ2v) is 9.53. The van der Waals surface area contributed by atoms with E-state index in [1.807, 2.05) is 37.3 Å². The molecule has 1 aromatic carbocycles. The molecule has 8 heteroatoms. The average molecular weight is 394 g/mol. The van der Waals surface area contributed by atoms with Gasteiger partial charge in [-0.3, -0.25) is 4.79 Å². The van der Waals surface area contributed by atoms with Crippen molar-refractivity contribution in [1.82, 2.24) is 4.31 Å². The molecule has 0 spiro atoms. The average Bonchev–Trinajstić information content (AvgIpc) is 3.11. The summed E-state index contributed by atoms with van der Waals surface area (Å²) in [6.45, 7) is 5.64. The van der Waals surface area contributed by atoms with Crippen LogP contribution in [-0.2, 0) is 21.2 Å². The number of rotatable bonds is 5. The topological polar surface area (TPSA) is 69.7 Å². The number of amides is 1. The van der Waals surface area contributed by atoms with Gasteiger partial charge in [-0.15, -0.1) is 11.3 Å². The summed E-state index contributed by atoms with van der Waals surface area (Å²) in [5.74, 6) is -0.111. The molecule has 0 bridgehead atoms. The van der Waals surface area contributed by atoms with Gasteiger partial charge in [-0.2, -0.15) is 4.31 Å². The van der Waals surface area contributed by atoms with E-state index in [4.69, 9.17) is 0 Å². The molecule has 0 saturated carbocycles. The van der Waals surface area contributed by atoms with Gasteiger partial charge in [-0.1, -0.05) is 13.0 Å². The predicted octanol–water partition coefficient (Wildman–Crippen LogP) is 2.78. The highest BCUT2D eigenvalue weighted by Gasteiger charge is 2.29. The van der Waals surface area contributed by atoms with Gasteiger partial charge in [-0.05, 0) is 36.8 Å². The van der Waals surface area contributed by atoms with E-state index in [1.54, 1.807) is 10.4 Å². The highest BCUT2D eigenvalue weighted by molar-refractivity contribution is 7.91. The molecule has 6 nitrogen and oxygen atoms in total. The van der Waals surface area contributed by atoms with Crippen LogP contribution >= 0.6 is 11.3 Å². The molecule has 3 rings (SSSR count). The summed E-state index contributed by atoms with van der Waals surface area (Å²) in [5.41, 5.74) is 1.73. The van der Waals surface area contributed by atoms with Gasteiger partial charge < -0.3 is 10.2 Å². The Morgan fingerprint density at radius 1 is 1.15 bits per heavy atom. The van der Waals surface area contributed by atoms with E-state index in [0.717, 1.165) is 22.7 Å². The number of sulfonamides is 1. The van der Waals surface area contributed by atoms with E-state index in [2.05, 4.69) is 10.2 Å². The zero-order valence-electron chi connectivity index (χ0n) is 14.9. The van der Waals surface area contributed by atoms with Crippen LogP contribution in [-0.4, -0.2) is 44.8 Å². The van der Waals surface area contributed by atoms with Crippen LogP contribution in [0.2, 0.25) is 0 Å². The number of nitrogens with one attached hydrogen (secondary N) is 1. The molecular weight excluding hydrogens is 370 g/mol. The zero-order chi connectivity index (χ0) is 18.7. The van der Waals surface area contributed by atoms with E-state index < -0.39 is 10.0 Å². The van der Waals surface area contributed by atoms with Crippen LogP contribution in [0.25, 0.3) is 0 Å². The van der Waals surface area contributed by atoms with Crippen LogP contribution in [0.15, 0.2) is 40.6 Å². The fourth-order valence-corrected chi connectivity index (χ4v) is 5.86. The van der Waals surface area contributed by atoms with E-state index >= 15 is 0 Å².